The minimum Gasteiger partial charge on any atom is -0.359 e. The molecule has 2 heterocycles. The van der Waals surface area contributed by atoms with Gasteiger partial charge in [0.2, 0.25) is 0 Å². The lowest BCUT2D eigenvalue weighted by molar-refractivity contribution is 1.30. The molecule has 0 saturated carbocycles. The number of para-hydroxylation sites is 1. The molecule has 0 atom stereocenters. The lowest BCUT2D eigenvalue weighted by Crippen LogP contribution is -1.65. The molecular weight excluding hydrogens is 262 g/mol. The number of aromatic amines is 1. The van der Waals surface area contributed by atoms with Gasteiger partial charge in [-0.3, -0.25) is 0 Å². The molecule has 20 heavy (non-hydrogen) atoms. The van der Waals surface area contributed by atoms with Gasteiger partial charge in [0.1, 0.15) is 0 Å². The van der Waals surface area contributed by atoms with Crippen LogP contribution in [0.4, 0.5) is 0 Å². The van der Waals surface area contributed by atoms with E-state index >= 15 is 0 Å². The van der Waals surface area contributed by atoms with Crippen LogP contribution in [0, 0.1) is 13.8 Å². The molecule has 1 nitrogen and oxygen atoms in total. The Morgan fingerprint density at radius 3 is 2.40 bits per heavy atom. The molecule has 0 aliphatic rings. The molecule has 0 radical (unpaired) electrons. The van der Waals surface area contributed by atoms with Crippen LogP contribution in [-0.2, 0) is 0 Å². The van der Waals surface area contributed by atoms with Crippen LogP contribution in [0.15, 0.2) is 49.6 Å². The Morgan fingerprint density at radius 1 is 1.05 bits per heavy atom. The quantitative estimate of drug-likeness (QED) is 0.609. The van der Waals surface area contributed by atoms with E-state index in [1.807, 2.05) is 18.2 Å². The number of benzene rings is 1. The summed E-state index contributed by atoms with van der Waals surface area (Å²) in [6.45, 7) is 11.6. The topological polar surface area (TPSA) is 15.8 Å². The van der Waals surface area contributed by atoms with Gasteiger partial charge in [0.15, 0.2) is 0 Å². The second-order valence-corrected chi connectivity index (χ2v) is 5.91. The molecule has 0 aliphatic heterocycles. The van der Waals surface area contributed by atoms with Crippen molar-refractivity contribution in [1.82, 2.24) is 4.98 Å². The smallest absolute Gasteiger partial charge is 0.0455 e. The van der Waals surface area contributed by atoms with E-state index in [0.29, 0.717) is 0 Å². The first-order valence-corrected chi connectivity index (χ1v) is 7.35. The number of aromatic nitrogens is 1. The number of nitrogens with one attached hydrogen (secondary N) is 1. The fraction of sp³-hybridized carbons (Fsp3) is 0.111. The van der Waals surface area contributed by atoms with Gasteiger partial charge >= 0.3 is 0 Å². The summed E-state index contributed by atoms with van der Waals surface area (Å²) in [4.78, 5) is 5.78. The predicted molar refractivity (Wildman–Crippen MR) is 92.3 cm³/mol. The fourth-order valence-electron chi connectivity index (χ4n) is 2.09. The SMILES string of the molecule is C=Cc1cc(C)sc1C=C.Cc1cc2ccccc2[nH]1. The van der Waals surface area contributed by atoms with Crippen molar-refractivity contribution in [2.45, 2.75) is 13.8 Å². The normalized spacial score (nSPS) is 9.90. The van der Waals surface area contributed by atoms with Crippen LogP contribution < -0.4 is 0 Å². The molecule has 2 heteroatoms. The standard InChI is InChI=1S/C9H9N.C9H10S/c1-7-6-8-4-2-3-5-9(8)10-7;1-4-8-6-7(3)10-9(8)5-2/h2-6,10H,1H3;4-6H,1-2H2,3H3. The van der Waals surface area contributed by atoms with Crippen molar-refractivity contribution < 1.29 is 0 Å². The molecule has 102 valence electrons. The number of thiophene rings is 1. The summed E-state index contributed by atoms with van der Waals surface area (Å²) < 4.78 is 0. The Bertz CT molecular complexity index is 672. The van der Waals surface area contributed by atoms with E-state index in [4.69, 9.17) is 0 Å². The maximum Gasteiger partial charge on any atom is 0.0455 e. The average molecular weight is 281 g/mol. The highest BCUT2D eigenvalue weighted by atomic mass is 32.1. The van der Waals surface area contributed by atoms with Gasteiger partial charge in [0.05, 0.1) is 0 Å². The highest BCUT2D eigenvalue weighted by Gasteiger charge is 1.98. The number of rotatable bonds is 2. The van der Waals surface area contributed by atoms with E-state index < -0.39 is 0 Å². The van der Waals surface area contributed by atoms with E-state index in [1.165, 1.54) is 31.9 Å². The first-order valence-electron chi connectivity index (χ1n) is 6.53. The first-order chi connectivity index (χ1) is 9.63. The summed E-state index contributed by atoms with van der Waals surface area (Å²) in [7, 11) is 0. The van der Waals surface area contributed by atoms with Gasteiger partial charge in [-0.15, -0.1) is 11.3 Å². The van der Waals surface area contributed by atoms with Gasteiger partial charge in [-0.25, -0.2) is 0 Å². The number of aryl methyl sites for hydroxylation is 2. The van der Waals surface area contributed by atoms with Gasteiger partial charge in [0, 0.05) is 21.0 Å². The molecule has 3 rings (SSSR count). The number of hydrogen-bond acceptors (Lipinski definition) is 1. The zero-order valence-electron chi connectivity index (χ0n) is 11.9. The molecule has 1 N–H and O–H groups in total. The van der Waals surface area contributed by atoms with E-state index in [-0.39, 0.29) is 0 Å². The Labute approximate surface area is 124 Å². The maximum absolute atomic E-state index is 3.72. The fourth-order valence-corrected chi connectivity index (χ4v) is 2.97. The Hall–Kier alpha value is -2.06. The molecule has 0 saturated heterocycles. The zero-order valence-corrected chi connectivity index (χ0v) is 12.8. The lowest BCUT2D eigenvalue weighted by Gasteiger charge is -1.85. The van der Waals surface area contributed by atoms with Crippen LogP contribution >= 0.6 is 11.3 Å². The van der Waals surface area contributed by atoms with E-state index in [0.717, 1.165) is 0 Å². The Morgan fingerprint density at radius 2 is 1.80 bits per heavy atom. The third-order valence-electron chi connectivity index (χ3n) is 2.98. The van der Waals surface area contributed by atoms with Crippen LogP contribution in [0.3, 0.4) is 0 Å². The van der Waals surface area contributed by atoms with Crippen LogP contribution in [0.2, 0.25) is 0 Å². The van der Waals surface area contributed by atoms with Gasteiger partial charge in [-0.2, -0.15) is 0 Å². The largest absolute Gasteiger partial charge is 0.359 e. The molecule has 0 spiro atoms. The minimum atomic E-state index is 1.19. The number of H-pyrrole nitrogens is 1. The molecule has 1 aromatic carbocycles. The van der Waals surface area contributed by atoms with Crippen molar-refractivity contribution in [3.8, 4) is 0 Å². The predicted octanol–water partition coefficient (Wildman–Crippen LogP) is 5.82. The number of hydrogen-bond donors (Lipinski definition) is 1. The third-order valence-corrected chi connectivity index (χ3v) is 4.05. The maximum atomic E-state index is 3.72. The molecular formula is C18H19NS. The lowest BCUT2D eigenvalue weighted by atomic mass is 10.2. The monoisotopic (exact) mass is 281 g/mol. The molecule has 2 aromatic heterocycles. The van der Waals surface area contributed by atoms with Gasteiger partial charge < -0.3 is 4.98 Å². The molecule has 0 amide bonds. The molecule has 0 aliphatic carbocycles. The Kier molecular flexibility index (Phi) is 4.59. The van der Waals surface area contributed by atoms with Crippen molar-refractivity contribution in [3.63, 3.8) is 0 Å². The highest BCUT2D eigenvalue weighted by Crippen LogP contribution is 2.23. The van der Waals surface area contributed by atoms with Crippen molar-refractivity contribution in [2.24, 2.45) is 0 Å². The van der Waals surface area contributed by atoms with Crippen molar-refractivity contribution in [1.29, 1.82) is 0 Å². The van der Waals surface area contributed by atoms with Gasteiger partial charge in [-0.05, 0) is 43.0 Å². The van der Waals surface area contributed by atoms with Crippen LogP contribution in [0.5, 0.6) is 0 Å². The summed E-state index contributed by atoms with van der Waals surface area (Å²) in [5, 5.41) is 1.29. The molecule has 0 bridgehead atoms. The van der Waals surface area contributed by atoms with Crippen molar-refractivity contribution in [3.05, 3.63) is 70.6 Å². The number of fused-ring (bicyclic) bond motifs is 1. The van der Waals surface area contributed by atoms with Gasteiger partial charge in [-0.1, -0.05) is 43.5 Å². The van der Waals surface area contributed by atoms with Crippen LogP contribution in [0.1, 0.15) is 21.0 Å². The van der Waals surface area contributed by atoms with Crippen LogP contribution in [0.25, 0.3) is 23.1 Å². The van der Waals surface area contributed by atoms with E-state index in [9.17, 15) is 0 Å². The average Bonchev–Trinajstić information content (AvgIpc) is 3.00. The zero-order chi connectivity index (χ0) is 14.5. The summed E-state index contributed by atoms with van der Waals surface area (Å²) in [6, 6.07) is 12.6. The minimum absolute atomic E-state index is 1.19. The molecule has 0 fully saturated rings. The van der Waals surface area contributed by atoms with Crippen molar-refractivity contribution in [2.75, 3.05) is 0 Å². The molecule has 3 aromatic rings. The third kappa shape index (κ3) is 3.28. The molecule has 0 unspecified atom stereocenters. The van der Waals surface area contributed by atoms with Gasteiger partial charge in [0.25, 0.3) is 0 Å². The van der Waals surface area contributed by atoms with Crippen LogP contribution in [-0.4, -0.2) is 4.98 Å². The Balaban J connectivity index is 0.000000147. The highest BCUT2D eigenvalue weighted by molar-refractivity contribution is 7.13. The first kappa shape index (κ1) is 14.4. The summed E-state index contributed by atoms with van der Waals surface area (Å²) in [5.74, 6) is 0. The second kappa shape index (κ2) is 6.40. The summed E-state index contributed by atoms with van der Waals surface area (Å²) in [5.41, 5.74) is 3.64. The summed E-state index contributed by atoms with van der Waals surface area (Å²) in [6.07, 6.45) is 3.73. The van der Waals surface area contributed by atoms with Crippen molar-refractivity contribution >= 4 is 34.4 Å². The van der Waals surface area contributed by atoms with E-state index in [1.54, 1.807) is 11.3 Å². The van der Waals surface area contributed by atoms with E-state index in [2.05, 4.69) is 62.3 Å². The summed E-state index contributed by atoms with van der Waals surface area (Å²) >= 11 is 1.75. The second-order valence-electron chi connectivity index (χ2n) is 4.62.